The van der Waals surface area contributed by atoms with Crippen molar-refractivity contribution in [1.82, 2.24) is 4.98 Å². The van der Waals surface area contributed by atoms with Gasteiger partial charge >= 0.3 is 0 Å². The molecule has 1 atom stereocenters. The van der Waals surface area contributed by atoms with E-state index in [1.807, 2.05) is 49.4 Å². The SMILES string of the molecule is C[C@@H](N)c1ccnc(Oc2ccc3ccccc3c2)c1. The van der Waals surface area contributed by atoms with Crippen molar-refractivity contribution in [3.05, 3.63) is 66.4 Å². The third-order valence-corrected chi connectivity index (χ3v) is 3.23. The lowest BCUT2D eigenvalue weighted by molar-refractivity contribution is 0.462. The van der Waals surface area contributed by atoms with Crippen LogP contribution in [0.1, 0.15) is 18.5 Å². The maximum Gasteiger partial charge on any atom is 0.219 e. The van der Waals surface area contributed by atoms with E-state index in [0.717, 1.165) is 16.7 Å². The van der Waals surface area contributed by atoms with Gasteiger partial charge in [0.2, 0.25) is 5.88 Å². The molecule has 3 heteroatoms. The lowest BCUT2D eigenvalue weighted by atomic mass is 10.1. The zero-order valence-corrected chi connectivity index (χ0v) is 11.3. The van der Waals surface area contributed by atoms with Gasteiger partial charge in [-0.3, -0.25) is 0 Å². The van der Waals surface area contributed by atoms with Crippen molar-refractivity contribution in [1.29, 1.82) is 0 Å². The van der Waals surface area contributed by atoms with E-state index in [9.17, 15) is 0 Å². The zero-order chi connectivity index (χ0) is 13.9. The fourth-order valence-electron chi connectivity index (χ4n) is 2.12. The van der Waals surface area contributed by atoms with Gasteiger partial charge in [-0.1, -0.05) is 30.3 Å². The average molecular weight is 264 g/mol. The molecule has 0 spiro atoms. The molecule has 0 aliphatic carbocycles. The first-order valence-corrected chi connectivity index (χ1v) is 6.60. The van der Waals surface area contributed by atoms with Crippen LogP contribution in [0.3, 0.4) is 0 Å². The molecule has 2 aromatic carbocycles. The third-order valence-electron chi connectivity index (χ3n) is 3.23. The molecule has 1 heterocycles. The van der Waals surface area contributed by atoms with Gasteiger partial charge in [-0.15, -0.1) is 0 Å². The van der Waals surface area contributed by atoms with Gasteiger partial charge in [0.25, 0.3) is 0 Å². The summed E-state index contributed by atoms with van der Waals surface area (Å²) in [7, 11) is 0. The molecule has 0 saturated carbocycles. The molecule has 3 nitrogen and oxygen atoms in total. The number of hydrogen-bond donors (Lipinski definition) is 1. The first-order valence-electron chi connectivity index (χ1n) is 6.60. The number of pyridine rings is 1. The van der Waals surface area contributed by atoms with E-state index in [1.54, 1.807) is 6.20 Å². The van der Waals surface area contributed by atoms with E-state index in [4.69, 9.17) is 10.5 Å². The number of nitrogens with zero attached hydrogens (tertiary/aromatic N) is 1. The van der Waals surface area contributed by atoms with Crippen LogP contribution in [0.25, 0.3) is 10.8 Å². The van der Waals surface area contributed by atoms with Crippen LogP contribution >= 0.6 is 0 Å². The van der Waals surface area contributed by atoms with Gasteiger partial charge in [0.1, 0.15) is 5.75 Å². The second kappa shape index (κ2) is 5.31. The van der Waals surface area contributed by atoms with Gasteiger partial charge in [0.05, 0.1) is 0 Å². The molecule has 20 heavy (non-hydrogen) atoms. The fourth-order valence-corrected chi connectivity index (χ4v) is 2.12. The predicted octanol–water partition coefficient (Wildman–Crippen LogP) is 4.05. The van der Waals surface area contributed by atoms with Crippen LogP contribution in [-0.2, 0) is 0 Å². The second-order valence-corrected chi connectivity index (χ2v) is 4.83. The quantitative estimate of drug-likeness (QED) is 0.776. The summed E-state index contributed by atoms with van der Waals surface area (Å²) < 4.78 is 5.81. The molecule has 3 aromatic rings. The minimum Gasteiger partial charge on any atom is -0.439 e. The summed E-state index contributed by atoms with van der Waals surface area (Å²) in [5.41, 5.74) is 6.88. The van der Waals surface area contributed by atoms with Gasteiger partial charge in [0, 0.05) is 18.3 Å². The Bertz CT molecular complexity index is 738. The van der Waals surface area contributed by atoms with Gasteiger partial charge in [-0.05, 0) is 41.5 Å². The molecule has 0 bridgehead atoms. The van der Waals surface area contributed by atoms with Crippen LogP contribution in [0.2, 0.25) is 0 Å². The highest BCUT2D eigenvalue weighted by Crippen LogP contribution is 2.25. The molecule has 3 rings (SSSR count). The Morgan fingerprint density at radius 1 is 1.00 bits per heavy atom. The summed E-state index contributed by atoms with van der Waals surface area (Å²) in [6.07, 6.45) is 1.72. The van der Waals surface area contributed by atoms with Crippen LogP contribution in [-0.4, -0.2) is 4.98 Å². The van der Waals surface area contributed by atoms with Crippen molar-refractivity contribution in [2.45, 2.75) is 13.0 Å². The summed E-state index contributed by atoms with van der Waals surface area (Å²) in [6.45, 7) is 1.94. The van der Waals surface area contributed by atoms with Crippen molar-refractivity contribution in [2.24, 2.45) is 5.73 Å². The number of benzene rings is 2. The van der Waals surface area contributed by atoms with E-state index in [0.29, 0.717) is 5.88 Å². The molecule has 0 amide bonds. The Kier molecular flexibility index (Phi) is 3.35. The lowest BCUT2D eigenvalue weighted by Crippen LogP contribution is -2.05. The van der Waals surface area contributed by atoms with Crippen LogP contribution in [0.15, 0.2) is 60.8 Å². The van der Waals surface area contributed by atoms with E-state index in [1.165, 1.54) is 5.39 Å². The first kappa shape index (κ1) is 12.6. The van der Waals surface area contributed by atoms with E-state index in [2.05, 4.69) is 17.1 Å². The van der Waals surface area contributed by atoms with Crippen LogP contribution in [0.5, 0.6) is 11.6 Å². The molecule has 2 N–H and O–H groups in total. The van der Waals surface area contributed by atoms with Crippen molar-refractivity contribution in [3.63, 3.8) is 0 Å². The topological polar surface area (TPSA) is 48.1 Å². The van der Waals surface area contributed by atoms with E-state index >= 15 is 0 Å². The molecule has 0 radical (unpaired) electrons. The minimum absolute atomic E-state index is 0.0306. The fraction of sp³-hybridized carbons (Fsp3) is 0.118. The Balaban J connectivity index is 1.90. The highest BCUT2D eigenvalue weighted by atomic mass is 16.5. The average Bonchev–Trinajstić information content (AvgIpc) is 2.47. The van der Waals surface area contributed by atoms with E-state index in [-0.39, 0.29) is 6.04 Å². The van der Waals surface area contributed by atoms with Crippen molar-refractivity contribution in [3.8, 4) is 11.6 Å². The summed E-state index contributed by atoms with van der Waals surface area (Å²) >= 11 is 0. The van der Waals surface area contributed by atoms with Gasteiger partial charge < -0.3 is 10.5 Å². The van der Waals surface area contributed by atoms with Crippen molar-refractivity contribution >= 4 is 10.8 Å². The summed E-state index contributed by atoms with van der Waals surface area (Å²) in [6, 6.07) is 17.9. The van der Waals surface area contributed by atoms with Crippen LogP contribution in [0, 0.1) is 0 Å². The highest BCUT2D eigenvalue weighted by molar-refractivity contribution is 5.83. The molecular weight excluding hydrogens is 248 g/mol. The molecule has 100 valence electrons. The molecule has 0 saturated heterocycles. The third kappa shape index (κ3) is 2.63. The minimum atomic E-state index is -0.0306. The zero-order valence-electron chi connectivity index (χ0n) is 11.3. The number of nitrogens with two attached hydrogens (primary N) is 1. The number of rotatable bonds is 3. The highest BCUT2D eigenvalue weighted by Gasteiger charge is 2.04. The Labute approximate surface area is 118 Å². The molecule has 1 aromatic heterocycles. The van der Waals surface area contributed by atoms with Gasteiger partial charge in [-0.25, -0.2) is 4.98 Å². The Morgan fingerprint density at radius 3 is 2.60 bits per heavy atom. The molecule has 0 aliphatic rings. The van der Waals surface area contributed by atoms with Gasteiger partial charge in [-0.2, -0.15) is 0 Å². The smallest absolute Gasteiger partial charge is 0.219 e. The summed E-state index contributed by atoms with van der Waals surface area (Å²) in [5, 5.41) is 2.34. The number of fused-ring (bicyclic) bond motifs is 1. The second-order valence-electron chi connectivity index (χ2n) is 4.83. The monoisotopic (exact) mass is 264 g/mol. The predicted molar refractivity (Wildman–Crippen MR) is 80.9 cm³/mol. The Hall–Kier alpha value is -2.39. The lowest BCUT2D eigenvalue weighted by Gasteiger charge is -2.09. The molecule has 0 aliphatic heterocycles. The number of ether oxygens (including phenoxy) is 1. The largest absolute Gasteiger partial charge is 0.439 e. The molecular formula is C17H16N2O. The van der Waals surface area contributed by atoms with Gasteiger partial charge in [0.15, 0.2) is 0 Å². The van der Waals surface area contributed by atoms with Crippen molar-refractivity contribution in [2.75, 3.05) is 0 Å². The summed E-state index contributed by atoms with van der Waals surface area (Å²) in [5.74, 6) is 1.34. The van der Waals surface area contributed by atoms with Crippen molar-refractivity contribution < 1.29 is 4.74 Å². The van der Waals surface area contributed by atoms with Crippen LogP contribution < -0.4 is 10.5 Å². The molecule has 0 fully saturated rings. The maximum atomic E-state index is 5.87. The number of aromatic nitrogens is 1. The maximum absolute atomic E-state index is 5.87. The Morgan fingerprint density at radius 2 is 1.80 bits per heavy atom. The van der Waals surface area contributed by atoms with E-state index < -0.39 is 0 Å². The molecule has 0 unspecified atom stereocenters. The van der Waals surface area contributed by atoms with Crippen LogP contribution in [0.4, 0.5) is 0 Å². The standard InChI is InChI=1S/C17H16N2O/c1-12(18)14-8-9-19-17(11-14)20-16-7-6-13-4-2-3-5-15(13)10-16/h2-12H,18H2,1H3/t12-/m1/s1. The normalized spacial score (nSPS) is 12.3. The first-order chi connectivity index (χ1) is 9.72. The number of hydrogen-bond acceptors (Lipinski definition) is 3. The summed E-state index contributed by atoms with van der Waals surface area (Å²) in [4.78, 5) is 4.22.